The molecule has 6 heteroatoms. The lowest BCUT2D eigenvalue weighted by Crippen LogP contribution is -2.17. The SMILES string of the molecule is COCC(OC(=O)Cc1ccc(C)cc1)c1ccc(S(C)(=O)=O)cc1. The van der Waals surface area contributed by atoms with Crippen LogP contribution in [-0.2, 0) is 30.5 Å². The predicted molar refractivity (Wildman–Crippen MR) is 95.1 cm³/mol. The number of methoxy groups -OCH3 is 1. The fourth-order valence-electron chi connectivity index (χ4n) is 2.35. The van der Waals surface area contributed by atoms with Crippen molar-refractivity contribution >= 4 is 15.8 Å². The minimum atomic E-state index is -3.26. The molecule has 0 aliphatic carbocycles. The highest BCUT2D eigenvalue weighted by Gasteiger charge is 2.18. The lowest BCUT2D eigenvalue weighted by atomic mass is 10.1. The van der Waals surface area contributed by atoms with Crippen LogP contribution >= 0.6 is 0 Å². The van der Waals surface area contributed by atoms with Crippen molar-refractivity contribution in [1.29, 1.82) is 0 Å². The summed E-state index contributed by atoms with van der Waals surface area (Å²) in [5.74, 6) is -0.363. The predicted octanol–water partition coefficient (Wildman–Crippen LogP) is 2.87. The van der Waals surface area contributed by atoms with Crippen LogP contribution in [0.5, 0.6) is 0 Å². The molecule has 0 N–H and O–H groups in total. The van der Waals surface area contributed by atoms with Gasteiger partial charge in [0.25, 0.3) is 0 Å². The number of ether oxygens (including phenoxy) is 2. The summed E-state index contributed by atoms with van der Waals surface area (Å²) in [5, 5.41) is 0. The maximum atomic E-state index is 12.2. The normalized spacial score (nSPS) is 12.6. The number of rotatable bonds is 7. The minimum Gasteiger partial charge on any atom is -0.455 e. The molecule has 2 aromatic carbocycles. The van der Waals surface area contributed by atoms with Gasteiger partial charge in [-0.15, -0.1) is 0 Å². The van der Waals surface area contributed by atoms with E-state index in [2.05, 4.69) is 0 Å². The van der Waals surface area contributed by atoms with E-state index in [1.165, 1.54) is 19.2 Å². The fourth-order valence-corrected chi connectivity index (χ4v) is 2.98. The van der Waals surface area contributed by atoms with Gasteiger partial charge in [-0.1, -0.05) is 42.0 Å². The molecular weight excluding hydrogens is 340 g/mol. The van der Waals surface area contributed by atoms with E-state index >= 15 is 0 Å². The van der Waals surface area contributed by atoms with E-state index in [0.717, 1.165) is 17.4 Å². The Kier molecular flexibility index (Phi) is 6.33. The quantitative estimate of drug-likeness (QED) is 0.709. The Morgan fingerprint density at radius 3 is 2.16 bits per heavy atom. The molecule has 0 spiro atoms. The van der Waals surface area contributed by atoms with Gasteiger partial charge in [0.15, 0.2) is 15.9 Å². The zero-order valence-corrected chi connectivity index (χ0v) is 15.4. The van der Waals surface area contributed by atoms with Crippen LogP contribution in [0.4, 0.5) is 0 Å². The Hall–Kier alpha value is -2.18. The first-order valence-electron chi connectivity index (χ1n) is 7.83. The first-order valence-corrected chi connectivity index (χ1v) is 9.72. The molecule has 25 heavy (non-hydrogen) atoms. The number of carbonyl (C=O) groups is 1. The van der Waals surface area contributed by atoms with Gasteiger partial charge in [-0.25, -0.2) is 8.42 Å². The second kappa shape index (κ2) is 8.27. The Morgan fingerprint density at radius 1 is 1.04 bits per heavy atom. The van der Waals surface area contributed by atoms with Crippen molar-refractivity contribution in [1.82, 2.24) is 0 Å². The summed E-state index contributed by atoms with van der Waals surface area (Å²) in [6, 6.07) is 13.9. The highest BCUT2D eigenvalue weighted by atomic mass is 32.2. The highest BCUT2D eigenvalue weighted by Crippen LogP contribution is 2.21. The van der Waals surface area contributed by atoms with E-state index in [1.807, 2.05) is 31.2 Å². The van der Waals surface area contributed by atoms with Crippen LogP contribution in [0.15, 0.2) is 53.4 Å². The zero-order chi connectivity index (χ0) is 18.4. The summed E-state index contributed by atoms with van der Waals surface area (Å²) < 4.78 is 33.7. The molecule has 0 heterocycles. The van der Waals surface area contributed by atoms with Gasteiger partial charge in [0.2, 0.25) is 0 Å². The van der Waals surface area contributed by atoms with Crippen LogP contribution in [0.1, 0.15) is 22.8 Å². The monoisotopic (exact) mass is 362 g/mol. The molecule has 0 bridgehead atoms. The number of hydrogen-bond acceptors (Lipinski definition) is 5. The fraction of sp³-hybridized carbons (Fsp3) is 0.316. The summed E-state index contributed by atoms with van der Waals surface area (Å²) in [6.45, 7) is 2.18. The third kappa shape index (κ3) is 5.69. The van der Waals surface area contributed by atoms with Crippen molar-refractivity contribution in [2.75, 3.05) is 20.0 Å². The van der Waals surface area contributed by atoms with Gasteiger partial charge in [-0.3, -0.25) is 4.79 Å². The molecule has 0 saturated carbocycles. The molecule has 0 aliphatic rings. The Labute approximate surface area is 148 Å². The van der Waals surface area contributed by atoms with Gasteiger partial charge in [0, 0.05) is 13.4 Å². The number of sulfone groups is 1. The second-order valence-electron chi connectivity index (χ2n) is 5.94. The van der Waals surface area contributed by atoms with Crippen molar-refractivity contribution in [2.24, 2.45) is 0 Å². The summed E-state index contributed by atoms with van der Waals surface area (Å²) in [5.41, 5.74) is 2.69. The topological polar surface area (TPSA) is 69.7 Å². The van der Waals surface area contributed by atoms with E-state index in [9.17, 15) is 13.2 Å². The highest BCUT2D eigenvalue weighted by molar-refractivity contribution is 7.90. The molecular formula is C19H22O5S. The van der Waals surface area contributed by atoms with Crippen LogP contribution in [-0.4, -0.2) is 34.4 Å². The van der Waals surface area contributed by atoms with Gasteiger partial charge < -0.3 is 9.47 Å². The number of carbonyl (C=O) groups excluding carboxylic acids is 1. The Bertz CT molecular complexity index is 808. The van der Waals surface area contributed by atoms with E-state index in [-0.39, 0.29) is 23.9 Å². The maximum Gasteiger partial charge on any atom is 0.310 e. The molecule has 2 aromatic rings. The van der Waals surface area contributed by atoms with Gasteiger partial charge in [-0.2, -0.15) is 0 Å². The Balaban J connectivity index is 2.09. The third-order valence-electron chi connectivity index (χ3n) is 3.74. The molecule has 5 nitrogen and oxygen atoms in total. The molecule has 2 rings (SSSR count). The number of hydrogen-bond donors (Lipinski definition) is 0. The van der Waals surface area contributed by atoms with E-state index in [4.69, 9.17) is 9.47 Å². The van der Waals surface area contributed by atoms with Crippen LogP contribution in [0.2, 0.25) is 0 Å². The molecule has 0 amide bonds. The zero-order valence-electron chi connectivity index (χ0n) is 14.6. The molecule has 1 atom stereocenters. The number of benzene rings is 2. The van der Waals surface area contributed by atoms with Crippen molar-refractivity contribution in [3.05, 3.63) is 65.2 Å². The molecule has 0 fully saturated rings. The first-order chi connectivity index (χ1) is 11.8. The summed E-state index contributed by atoms with van der Waals surface area (Å²) in [4.78, 5) is 12.4. The largest absolute Gasteiger partial charge is 0.455 e. The molecule has 134 valence electrons. The molecule has 0 saturated heterocycles. The van der Waals surface area contributed by atoms with Crippen molar-refractivity contribution in [3.8, 4) is 0 Å². The maximum absolute atomic E-state index is 12.2. The van der Waals surface area contributed by atoms with Crippen molar-refractivity contribution in [2.45, 2.75) is 24.3 Å². The summed E-state index contributed by atoms with van der Waals surface area (Å²) in [7, 11) is -1.74. The van der Waals surface area contributed by atoms with Gasteiger partial charge in [-0.05, 0) is 30.2 Å². The first kappa shape index (κ1) is 19.1. The van der Waals surface area contributed by atoms with Crippen LogP contribution in [0.3, 0.4) is 0 Å². The molecule has 0 aliphatic heterocycles. The van der Waals surface area contributed by atoms with Crippen LogP contribution < -0.4 is 0 Å². The third-order valence-corrected chi connectivity index (χ3v) is 4.87. The van der Waals surface area contributed by atoms with Gasteiger partial charge >= 0.3 is 5.97 Å². The summed E-state index contributed by atoms with van der Waals surface area (Å²) in [6.07, 6.45) is 0.731. The second-order valence-corrected chi connectivity index (χ2v) is 7.95. The van der Waals surface area contributed by atoms with Gasteiger partial charge in [0.1, 0.15) is 0 Å². The van der Waals surface area contributed by atoms with Gasteiger partial charge in [0.05, 0.1) is 17.9 Å². The van der Waals surface area contributed by atoms with Crippen molar-refractivity contribution < 1.29 is 22.7 Å². The summed E-state index contributed by atoms with van der Waals surface area (Å²) >= 11 is 0. The number of esters is 1. The van der Waals surface area contributed by atoms with Crippen LogP contribution in [0.25, 0.3) is 0 Å². The standard InChI is InChI=1S/C19H22O5S/c1-14-4-6-15(7-5-14)12-19(20)24-18(13-23-2)16-8-10-17(11-9-16)25(3,21)22/h4-11,18H,12-13H2,1-3H3. The smallest absolute Gasteiger partial charge is 0.310 e. The lowest BCUT2D eigenvalue weighted by Gasteiger charge is -2.18. The molecule has 1 unspecified atom stereocenters. The molecule has 0 aromatic heterocycles. The Morgan fingerprint density at radius 2 is 1.64 bits per heavy atom. The minimum absolute atomic E-state index is 0.169. The molecule has 0 radical (unpaired) electrons. The van der Waals surface area contributed by atoms with E-state index in [0.29, 0.717) is 5.56 Å². The van der Waals surface area contributed by atoms with E-state index < -0.39 is 15.9 Å². The average Bonchev–Trinajstić information content (AvgIpc) is 2.56. The lowest BCUT2D eigenvalue weighted by molar-refractivity contribution is -0.151. The number of aryl methyl sites for hydroxylation is 1. The van der Waals surface area contributed by atoms with Crippen LogP contribution in [0, 0.1) is 6.92 Å². The van der Waals surface area contributed by atoms with Crippen molar-refractivity contribution in [3.63, 3.8) is 0 Å². The van der Waals surface area contributed by atoms with E-state index in [1.54, 1.807) is 12.1 Å². The average molecular weight is 362 g/mol.